The molecule has 2 unspecified atom stereocenters. The van der Waals surface area contributed by atoms with Crippen molar-refractivity contribution in [2.24, 2.45) is 7.05 Å². The summed E-state index contributed by atoms with van der Waals surface area (Å²) >= 11 is 13.2. The van der Waals surface area contributed by atoms with Crippen LogP contribution in [0.4, 0.5) is 11.8 Å². The second-order valence-corrected chi connectivity index (χ2v) is 12.0. The number of aryl methyl sites for hydroxylation is 1. The molecule has 12 nitrogen and oxygen atoms in total. The molecule has 0 spiro atoms. The average Bonchev–Trinajstić information content (AvgIpc) is 3.82. The fourth-order valence-electron chi connectivity index (χ4n) is 6.18. The maximum atomic E-state index is 13.7. The minimum atomic E-state index is -0.368. The molecule has 1 aliphatic carbocycles. The minimum absolute atomic E-state index is 0.186. The molecule has 1 amide bonds. The number of carbonyl (C=O) groups is 1. The number of hydrogen-bond acceptors (Lipinski definition) is 9. The van der Waals surface area contributed by atoms with E-state index < -0.39 is 0 Å². The van der Waals surface area contributed by atoms with Crippen LogP contribution in [0.5, 0.6) is 11.5 Å². The second kappa shape index (κ2) is 12.6. The molecule has 2 aliphatic rings. The Kier molecular flexibility index (Phi) is 8.61. The van der Waals surface area contributed by atoms with Crippen molar-refractivity contribution in [2.75, 3.05) is 37.5 Å². The van der Waals surface area contributed by atoms with E-state index in [4.69, 9.17) is 37.8 Å². The molecule has 0 bridgehead atoms. The molecule has 1 aliphatic heterocycles. The first kappa shape index (κ1) is 30.7. The molecular weight excluding hydrogens is 619 g/mol. The molecule has 2 atom stereocenters. The molecule has 6 rings (SSSR count). The molecule has 4 heterocycles. The van der Waals surface area contributed by atoms with Gasteiger partial charge in [0, 0.05) is 55.6 Å². The number of ether oxygens (including phenoxy) is 2. The van der Waals surface area contributed by atoms with Crippen LogP contribution >= 0.6 is 23.2 Å². The highest BCUT2D eigenvalue weighted by atomic mass is 35.5. The topological polar surface area (TPSA) is 128 Å². The third-order valence-electron chi connectivity index (χ3n) is 8.56. The first-order valence-electron chi connectivity index (χ1n) is 14.7. The maximum absolute atomic E-state index is 13.7. The lowest BCUT2D eigenvalue weighted by Crippen LogP contribution is -2.45. The standard InChI is InChI=1S/C31H34Cl2N8O4/c1-5-25(42)35-20-15-40(24-10-11-41(38-24)18-8-6-7-9-18)16-21(20)36-31-34-14-17-12-19(30(43)39(2)29(17)37-31)26-27(32)22(44-3)13-23(45-4)28(26)33/h5,10-14,18,20-21H,1,6-9,15-16H2,2-4H3,(H,35,42)(H,34,36,37). The summed E-state index contributed by atoms with van der Waals surface area (Å²) in [6.07, 6.45) is 9.64. The summed E-state index contributed by atoms with van der Waals surface area (Å²) in [5.41, 5.74) is 0.575. The molecule has 1 aromatic carbocycles. The Morgan fingerprint density at radius 1 is 1.09 bits per heavy atom. The van der Waals surface area contributed by atoms with Crippen molar-refractivity contribution in [3.05, 3.63) is 63.6 Å². The predicted octanol–water partition coefficient (Wildman–Crippen LogP) is 4.60. The van der Waals surface area contributed by atoms with Gasteiger partial charge in [0.05, 0.1) is 48.0 Å². The lowest BCUT2D eigenvalue weighted by Gasteiger charge is -2.20. The quantitative estimate of drug-likeness (QED) is 0.249. The van der Waals surface area contributed by atoms with Crippen molar-refractivity contribution < 1.29 is 14.3 Å². The zero-order chi connectivity index (χ0) is 31.8. The van der Waals surface area contributed by atoms with E-state index in [9.17, 15) is 9.59 Å². The normalized spacial score (nSPS) is 18.4. The highest BCUT2D eigenvalue weighted by molar-refractivity contribution is 6.41. The van der Waals surface area contributed by atoms with E-state index >= 15 is 0 Å². The lowest BCUT2D eigenvalue weighted by atomic mass is 10.0. The largest absolute Gasteiger partial charge is 0.495 e. The molecule has 1 saturated carbocycles. The number of carbonyl (C=O) groups excluding carboxylic acids is 1. The average molecular weight is 654 g/mol. The van der Waals surface area contributed by atoms with Crippen LogP contribution in [0.2, 0.25) is 10.0 Å². The summed E-state index contributed by atoms with van der Waals surface area (Å²) in [6.45, 7) is 4.69. The van der Waals surface area contributed by atoms with Gasteiger partial charge in [-0.25, -0.2) is 4.98 Å². The Labute approximate surface area is 269 Å². The van der Waals surface area contributed by atoms with Gasteiger partial charge in [0.15, 0.2) is 5.82 Å². The van der Waals surface area contributed by atoms with Gasteiger partial charge in [0.2, 0.25) is 11.9 Å². The molecule has 2 N–H and O–H groups in total. The van der Waals surface area contributed by atoms with E-state index in [1.165, 1.54) is 37.7 Å². The fraction of sp³-hybridized carbons (Fsp3) is 0.387. The van der Waals surface area contributed by atoms with Crippen LogP contribution in [0.15, 0.2) is 48.0 Å². The van der Waals surface area contributed by atoms with E-state index in [1.54, 1.807) is 25.4 Å². The Hall–Kier alpha value is -4.29. The molecule has 0 radical (unpaired) electrons. The number of aromatic nitrogens is 5. The van der Waals surface area contributed by atoms with Gasteiger partial charge in [-0.05, 0) is 25.0 Å². The van der Waals surface area contributed by atoms with E-state index in [2.05, 4.69) is 36.8 Å². The van der Waals surface area contributed by atoms with Crippen LogP contribution in [-0.2, 0) is 11.8 Å². The van der Waals surface area contributed by atoms with Gasteiger partial charge in [-0.15, -0.1) is 0 Å². The number of pyridine rings is 1. The summed E-state index contributed by atoms with van der Waals surface area (Å²) in [5.74, 6) is 1.53. The molecule has 14 heteroatoms. The lowest BCUT2D eigenvalue weighted by molar-refractivity contribution is -0.117. The number of benzene rings is 1. The van der Waals surface area contributed by atoms with Crippen LogP contribution in [0.1, 0.15) is 31.7 Å². The summed E-state index contributed by atoms with van der Waals surface area (Å²) in [5, 5.41) is 12.2. The van der Waals surface area contributed by atoms with E-state index in [1.807, 2.05) is 12.3 Å². The number of nitrogens with zero attached hydrogens (tertiary/aromatic N) is 6. The first-order chi connectivity index (χ1) is 21.7. The number of nitrogens with one attached hydrogen (secondary N) is 2. The van der Waals surface area contributed by atoms with Gasteiger partial charge in [-0.1, -0.05) is 42.6 Å². The van der Waals surface area contributed by atoms with E-state index in [0.29, 0.717) is 53.2 Å². The third kappa shape index (κ3) is 5.80. The van der Waals surface area contributed by atoms with Crippen molar-refractivity contribution in [3.8, 4) is 22.6 Å². The number of methoxy groups -OCH3 is 2. The summed E-state index contributed by atoms with van der Waals surface area (Å²) in [6, 6.07) is 5.15. The van der Waals surface area contributed by atoms with Crippen molar-refractivity contribution in [3.63, 3.8) is 0 Å². The van der Waals surface area contributed by atoms with Crippen LogP contribution in [0.3, 0.4) is 0 Å². The molecule has 2 fully saturated rings. The van der Waals surface area contributed by atoms with Crippen LogP contribution in [-0.4, -0.2) is 69.6 Å². The first-order valence-corrected chi connectivity index (χ1v) is 15.4. The van der Waals surface area contributed by atoms with Crippen molar-refractivity contribution in [2.45, 2.75) is 43.8 Å². The third-order valence-corrected chi connectivity index (χ3v) is 9.31. The monoisotopic (exact) mass is 652 g/mol. The number of halogens is 2. The zero-order valence-corrected chi connectivity index (χ0v) is 26.7. The number of rotatable bonds is 9. The van der Waals surface area contributed by atoms with Gasteiger partial charge in [0.1, 0.15) is 17.1 Å². The predicted molar refractivity (Wildman–Crippen MR) is 175 cm³/mol. The van der Waals surface area contributed by atoms with Crippen LogP contribution in [0, 0.1) is 0 Å². The number of hydrogen-bond donors (Lipinski definition) is 2. The fourth-order valence-corrected chi connectivity index (χ4v) is 6.88. The Morgan fingerprint density at radius 2 is 1.78 bits per heavy atom. The number of anilines is 2. The van der Waals surface area contributed by atoms with Gasteiger partial charge in [0.25, 0.3) is 5.56 Å². The zero-order valence-electron chi connectivity index (χ0n) is 25.2. The van der Waals surface area contributed by atoms with Crippen LogP contribution in [0.25, 0.3) is 22.2 Å². The number of fused-ring (bicyclic) bond motifs is 1. The highest BCUT2D eigenvalue weighted by Crippen LogP contribution is 2.45. The van der Waals surface area contributed by atoms with Crippen molar-refractivity contribution >= 4 is 51.9 Å². The SMILES string of the molecule is C=CC(=O)NC1CN(c2ccn(C3CCCC3)n2)CC1Nc1ncc2cc(-c3c(Cl)c(OC)cc(OC)c3Cl)c(=O)n(C)c2n1. The van der Waals surface area contributed by atoms with Crippen molar-refractivity contribution in [1.29, 1.82) is 0 Å². The molecule has 1 saturated heterocycles. The van der Waals surface area contributed by atoms with Crippen LogP contribution < -0.4 is 30.6 Å². The highest BCUT2D eigenvalue weighted by Gasteiger charge is 2.35. The second-order valence-electron chi connectivity index (χ2n) is 11.2. The summed E-state index contributed by atoms with van der Waals surface area (Å²) in [4.78, 5) is 37.4. The summed E-state index contributed by atoms with van der Waals surface area (Å²) in [7, 11) is 4.56. The molecule has 236 valence electrons. The maximum Gasteiger partial charge on any atom is 0.259 e. The van der Waals surface area contributed by atoms with Gasteiger partial charge < -0.3 is 25.0 Å². The Morgan fingerprint density at radius 3 is 2.44 bits per heavy atom. The van der Waals surface area contributed by atoms with Gasteiger partial charge in [-0.2, -0.15) is 10.1 Å². The minimum Gasteiger partial charge on any atom is -0.495 e. The smallest absolute Gasteiger partial charge is 0.259 e. The summed E-state index contributed by atoms with van der Waals surface area (Å²) < 4.78 is 14.3. The Balaban J connectivity index is 1.31. The van der Waals surface area contributed by atoms with E-state index in [0.717, 1.165) is 18.7 Å². The molecule has 3 aromatic heterocycles. The number of amides is 1. The van der Waals surface area contributed by atoms with Gasteiger partial charge >= 0.3 is 0 Å². The molecule has 4 aromatic rings. The van der Waals surface area contributed by atoms with E-state index in [-0.39, 0.29) is 39.2 Å². The van der Waals surface area contributed by atoms with Crippen molar-refractivity contribution in [1.82, 2.24) is 29.6 Å². The molecular formula is C31H34Cl2N8O4. The molecule has 45 heavy (non-hydrogen) atoms. The van der Waals surface area contributed by atoms with Gasteiger partial charge in [-0.3, -0.25) is 18.8 Å². The Bertz CT molecular complexity index is 1810.